The molecule has 2 aliphatic rings. The van der Waals surface area contributed by atoms with Gasteiger partial charge in [-0.15, -0.1) is 0 Å². The molecule has 1 aliphatic carbocycles. The molecule has 2 N–H and O–H groups in total. The standard InChI is InChI=1S/C16H21NO3/c1-16(2)13(11-8-9-20-14(11)16)17-12(15(18)19)10-6-4-3-5-7-10/h3-7,11-14,17H,8-9H2,1-2H3,(H,18,19). The molecule has 4 unspecified atom stereocenters. The van der Waals surface area contributed by atoms with Crippen molar-refractivity contribution in [2.24, 2.45) is 11.3 Å². The fourth-order valence-corrected chi connectivity index (χ4v) is 3.80. The molecule has 4 nitrogen and oxygen atoms in total. The number of carboxylic acid groups (broad SMARTS) is 1. The van der Waals surface area contributed by atoms with E-state index in [-0.39, 0.29) is 17.6 Å². The number of aliphatic carboxylic acids is 1. The van der Waals surface area contributed by atoms with Gasteiger partial charge in [0.25, 0.3) is 0 Å². The number of hydrogen-bond acceptors (Lipinski definition) is 3. The second-order valence-electron chi connectivity index (χ2n) is 6.39. The molecule has 0 spiro atoms. The van der Waals surface area contributed by atoms with Gasteiger partial charge in [-0.1, -0.05) is 44.2 Å². The fraction of sp³-hybridized carbons (Fsp3) is 0.562. The Labute approximate surface area is 119 Å². The largest absolute Gasteiger partial charge is 0.480 e. The van der Waals surface area contributed by atoms with Crippen LogP contribution in [0.1, 0.15) is 31.9 Å². The number of nitrogens with one attached hydrogen (secondary N) is 1. The predicted octanol–water partition coefficient (Wildman–Crippen LogP) is 2.22. The molecule has 20 heavy (non-hydrogen) atoms. The molecule has 1 saturated heterocycles. The van der Waals surface area contributed by atoms with Crippen LogP contribution in [0.3, 0.4) is 0 Å². The van der Waals surface area contributed by atoms with E-state index in [1.54, 1.807) is 0 Å². The van der Waals surface area contributed by atoms with Crippen molar-refractivity contribution in [3.05, 3.63) is 35.9 Å². The molecule has 1 aromatic carbocycles. The van der Waals surface area contributed by atoms with Crippen molar-refractivity contribution in [2.75, 3.05) is 6.61 Å². The van der Waals surface area contributed by atoms with Gasteiger partial charge in [-0.3, -0.25) is 10.1 Å². The van der Waals surface area contributed by atoms with Gasteiger partial charge >= 0.3 is 5.97 Å². The minimum absolute atomic E-state index is 0.0103. The summed E-state index contributed by atoms with van der Waals surface area (Å²) in [5, 5.41) is 12.9. The third kappa shape index (κ3) is 2.03. The Morgan fingerprint density at radius 1 is 1.40 bits per heavy atom. The molecule has 0 bridgehead atoms. The van der Waals surface area contributed by atoms with Crippen LogP contribution in [0, 0.1) is 11.3 Å². The number of ether oxygens (including phenoxy) is 1. The molecule has 4 heteroatoms. The highest BCUT2D eigenvalue weighted by Gasteiger charge is 2.59. The van der Waals surface area contributed by atoms with Crippen LogP contribution in [0.4, 0.5) is 0 Å². The topological polar surface area (TPSA) is 58.6 Å². The van der Waals surface area contributed by atoms with Gasteiger partial charge in [0, 0.05) is 24.0 Å². The number of rotatable bonds is 4. The summed E-state index contributed by atoms with van der Waals surface area (Å²) in [4.78, 5) is 11.6. The first-order valence-corrected chi connectivity index (χ1v) is 7.17. The summed E-state index contributed by atoms with van der Waals surface area (Å²) in [5.74, 6) is -0.384. The van der Waals surface area contributed by atoms with Gasteiger partial charge in [0.2, 0.25) is 0 Å². The summed E-state index contributed by atoms with van der Waals surface area (Å²) in [5.41, 5.74) is 0.794. The minimum Gasteiger partial charge on any atom is -0.480 e. The zero-order valence-corrected chi connectivity index (χ0v) is 11.9. The molecule has 108 valence electrons. The second kappa shape index (κ2) is 4.86. The number of fused-ring (bicyclic) bond motifs is 1. The van der Waals surface area contributed by atoms with Crippen molar-refractivity contribution < 1.29 is 14.6 Å². The third-order valence-electron chi connectivity index (χ3n) is 4.83. The van der Waals surface area contributed by atoms with Gasteiger partial charge in [-0.2, -0.15) is 0 Å². The molecule has 3 rings (SSSR count). The maximum Gasteiger partial charge on any atom is 0.325 e. The van der Waals surface area contributed by atoms with Gasteiger partial charge in [0.05, 0.1) is 6.10 Å². The first kappa shape index (κ1) is 13.6. The normalized spacial score (nSPS) is 32.2. The Morgan fingerprint density at radius 2 is 2.10 bits per heavy atom. The summed E-state index contributed by atoms with van der Waals surface area (Å²) < 4.78 is 5.76. The summed E-state index contributed by atoms with van der Waals surface area (Å²) in [6.07, 6.45) is 1.29. The smallest absolute Gasteiger partial charge is 0.325 e. The van der Waals surface area contributed by atoms with Crippen LogP contribution in [-0.2, 0) is 9.53 Å². The third-order valence-corrected chi connectivity index (χ3v) is 4.83. The molecule has 0 amide bonds. The van der Waals surface area contributed by atoms with E-state index in [2.05, 4.69) is 19.2 Å². The molecular weight excluding hydrogens is 254 g/mol. The van der Waals surface area contributed by atoms with Crippen molar-refractivity contribution >= 4 is 5.97 Å². The van der Waals surface area contributed by atoms with E-state index in [1.165, 1.54) is 0 Å². The lowest BCUT2D eigenvalue weighted by Crippen LogP contribution is -2.66. The monoisotopic (exact) mass is 275 g/mol. The van der Waals surface area contributed by atoms with Crippen molar-refractivity contribution in [3.63, 3.8) is 0 Å². The van der Waals surface area contributed by atoms with Gasteiger partial charge in [-0.05, 0) is 12.0 Å². The van der Waals surface area contributed by atoms with E-state index in [1.807, 2.05) is 30.3 Å². The van der Waals surface area contributed by atoms with Crippen LogP contribution in [0.5, 0.6) is 0 Å². The highest BCUT2D eigenvalue weighted by molar-refractivity contribution is 5.75. The first-order valence-electron chi connectivity index (χ1n) is 7.17. The number of carbonyl (C=O) groups is 1. The Hall–Kier alpha value is -1.39. The zero-order valence-electron chi connectivity index (χ0n) is 11.9. The summed E-state index contributed by atoms with van der Waals surface area (Å²) >= 11 is 0. The Balaban J connectivity index is 1.79. The van der Waals surface area contributed by atoms with E-state index in [0.29, 0.717) is 5.92 Å². The maximum absolute atomic E-state index is 11.6. The van der Waals surface area contributed by atoms with Gasteiger partial charge < -0.3 is 9.84 Å². The molecule has 1 aliphatic heterocycles. The van der Waals surface area contributed by atoms with E-state index < -0.39 is 12.0 Å². The van der Waals surface area contributed by atoms with Crippen LogP contribution < -0.4 is 5.32 Å². The van der Waals surface area contributed by atoms with Gasteiger partial charge in [0.15, 0.2) is 0 Å². The minimum atomic E-state index is -0.825. The van der Waals surface area contributed by atoms with Gasteiger partial charge in [0.1, 0.15) is 6.04 Å². The average molecular weight is 275 g/mol. The maximum atomic E-state index is 11.6. The van der Waals surface area contributed by atoms with Crippen LogP contribution in [0.25, 0.3) is 0 Å². The van der Waals surface area contributed by atoms with E-state index in [0.717, 1.165) is 18.6 Å². The molecular formula is C16H21NO3. The SMILES string of the molecule is CC1(C)C(NC(C(=O)O)c2ccccc2)C2CCOC21. The quantitative estimate of drug-likeness (QED) is 0.884. The molecule has 0 aromatic heterocycles. The molecule has 4 atom stereocenters. The summed E-state index contributed by atoms with van der Waals surface area (Å²) in [7, 11) is 0. The highest BCUT2D eigenvalue weighted by Crippen LogP contribution is 2.52. The van der Waals surface area contributed by atoms with Crippen LogP contribution >= 0.6 is 0 Å². The summed E-state index contributed by atoms with van der Waals surface area (Å²) in [6, 6.07) is 8.91. The number of hydrogen-bond donors (Lipinski definition) is 2. The average Bonchev–Trinajstić information content (AvgIpc) is 2.86. The first-order chi connectivity index (χ1) is 9.51. The molecule has 1 heterocycles. The number of carboxylic acids is 1. The Morgan fingerprint density at radius 3 is 2.75 bits per heavy atom. The van der Waals surface area contributed by atoms with Crippen molar-refractivity contribution in [2.45, 2.75) is 38.5 Å². The fourth-order valence-electron chi connectivity index (χ4n) is 3.80. The predicted molar refractivity (Wildman–Crippen MR) is 75.4 cm³/mol. The number of benzene rings is 1. The lowest BCUT2D eigenvalue weighted by molar-refractivity contribution is -0.145. The lowest BCUT2D eigenvalue weighted by atomic mass is 9.57. The van der Waals surface area contributed by atoms with Crippen molar-refractivity contribution in [1.82, 2.24) is 5.32 Å². The van der Waals surface area contributed by atoms with Crippen LogP contribution in [-0.4, -0.2) is 29.8 Å². The zero-order chi connectivity index (χ0) is 14.3. The lowest BCUT2D eigenvalue weighted by Gasteiger charge is -2.55. The van der Waals surface area contributed by atoms with Crippen LogP contribution in [0.15, 0.2) is 30.3 Å². The van der Waals surface area contributed by atoms with E-state index in [4.69, 9.17) is 4.74 Å². The van der Waals surface area contributed by atoms with Crippen molar-refractivity contribution in [1.29, 1.82) is 0 Å². The molecule has 2 fully saturated rings. The molecule has 0 radical (unpaired) electrons. The van der Waals surface area contributed by atoms with Crippen LogP contribution in [0.2, 0.25) is 0 Å². The van der Waals surface area contributed by atoms with E-state index >= 15 is 0 Å². The Kier molecular flexibility index (Phi) is 3.30. The van der Waals surface area contributed by atoms with E-state index in [9.17, 15) is 9.90 Å². The molecule has 1 aromatic rings. The molecule has 1 saturated carbocycles. The Bertz CT molecular complexity index is 500. The van der Waals surface area contributed by atoms with Crippen molar-refractivity contribution in [3.8, 4) is 0 Å². The van der Waals surface area contributed by atoms with Gasteiger partial charge in [-0.25, -0.2) is 0 Å². The summed E-state index contributed by atoms with van der Waals surface area (Å²) in [6.45, 7) is 5.10. The second-order valence-corrected chi connectivity index (χ2v) is 6.39. The highest BCUT2D eigenvalue weighted by atomic mass is 16.5.